The maximum absolute atomic E-state index is 12.1. The highest BCUT2D eigenvalue weighted by Crippen LogP contribution is 2.25. The number of nitro groups is 1. The van der Waals surface area contributed by atoms with Gasteiger partial charge in [0.05, 0.1) is 30.9 Å². The van der Waals surface area contributed by atoms with Crippen LogP contribution < -0.4 is 15.6 Å². The first-order chi connectivity index (χ1) is 14.4. The van der Waals surface area contributed by atoms with Crippen LogP contribution in [0.15, 0.2) is 41.5 Å². The molecular weight excluding hydrogens is 386 g/mol. The molecule has 2 aromatic carbocycles. The predicted molar refractivity (Wildman–Crippen MR) is 116 cm³/mol. The first-order valence-corrected chi connectivity index (χ1v) is 9.68. The Bertz CT molecular complexity index is 954. The number of nitro benzene ring substituents is 1. The molecule has 30 heavy (non-hydrogen) atoms. The van der Waals surface area contributed by atoms with Crippen LogP contribution in [0.3, 0.4) is 0 Å². The van der Waals surface area contributed by atoms with Crippen molar-refractivity contribution in [3.8, 4) is 0 Å². The van der Waals surface area contributed by atoms with Crippen molar-refractivity contribution in [2.45, 2.75) is 13.8 Å². The molecule has 0 aliphatic carbocycles. The second-order valence-corrected chi connectivity index (χ2v) is 7.06. The van der Waals surface area contributed by atoms with Gasteiger partial charge in [-0.3, -0.25) is 14.9 Å². The van der Waals surface area contributed by atoms with Gasteiger partial charge in [0.1, 0.15) is 0 Å². The molecule has 0 atom stereocenters. The molecule has 3 rings (SSSR count). The molecule has 0 aromatic heterocycles. The second-order valence-electron chi connectivity index (χ2n) is 7.06. The maximum atomic E-state index is 12.1. The van der Waals surface area contributed by atoms with E-state index in [-0.39, 0.29) is 18.1 Å². The lowest BCUT2D eigenvalue weighted by Crippen LogP contribution is -2.36. The van der Waals surface area contributed by atoms with Crippen LogP contribution in [0.25, 0.3) is 0 Å². The lowest BCUT2D eigenvalue weighted by molar-refractivity contribution is -0.384. The van der Waals surface area contributed by atoms with Crippen LogP contribution in [0.2, 0.25) is 0 Å². The van der Waals surface area contributed by atoms with E-state index in [9.17, 15) is 14.9 Å². The Labute approximate surface area is 174 Å². The van der Waals surface area contributed by atoms with Gasteiger partial charge >= 0.3 is 0 Å². The maximum Gasteiger partial charge on any atom is 0.270 e. The summed E-state index contributed by atoms with van der Waals surface area (Å²) in [6.45, 7) is 6.60. The van der Waals surface area contributed by atoms with Gasteiger partial charge in [0.25, 0.3) is 11.6 Å². The Balaban J connectivity index is 1.65. The topological polar surface area (TPSA) is 109 Å². The summed E-state index contributed by atoms with van der Waals surface area (Å²) in [7, 11) is 0. The van der Waals surface area contributed by atoms with Crippen molar-refractivity contribution in [1.29, 1.82) is 0 Å². The second kappa shape index (κ2) is 9.84. The smallest absolute Gasteiger partial charge is 0.270 e. The molecule has 1 saturated heterocycles. The largest absolute Gasteiger partial charge is 0.378 e. The molecule has 0 bridgehead atoms. The van der Waals surface area contributed by atoms with Gasteiger partial charge in [0, 0.05) is 42.2 Å². The van der Waals surface area contributed by atoms with Crippen LogP contribution >= 0.6 is 0 Å². The Hall–Kier alpha value is -3.46. The fraction of sp³-hybridized carbons (Fsp3) is 0.333. The number of ether oxygens (including phenoxy) is 1. The molecule has 2 aromatic rings. The zero-order valence-corrected chi connectivity index (χ0v) is 17.1. The molecule has 1 amide bonds. The summed E-state index contributed by atoms with van der Waals surface area (Å²) in [4.78, 5) is 24.9. The van der Waals surface area contributed by atoms with Gasteiger partial charge in [-0.2, -0.15) is 5.10 Å². The Morgan fingerprint density at radius 1 is 1.23 bits per heavy atom. The highest BCUT2D eigenvalue weighted by Gasteiger charge is 2.17. The molecule has 9 heteroatoms. The summed E-state index contributed by atoms with van der Waals surface area (Å²) >= 11 is 0. The molecule has 9 nitrogen and oxygen atoms in total. The van der Waals surface area contributed by atoms with Gasteiger partial charge in [-0.25, -0.2) is 5.43 Å². The normalized spacial score (nSPS) is 14.0. The SMILES string of the molecule is Cc1ccc(NCC(=O)N/N=C\c2cc([N+](=O)[O-])ccc2N2CCOCC2)c(C)c1. The monoisotopic (exact) mass is 411 g/mol. The van der Waals surface area contributed by atoms with Crippen molar-refractivity contribution in [1.82, 2.24) is 5.43 Å². The van der Waals surface area contributed by atoms with E-state index in [1.54, 1.807) is 6.07 Å². The van der Waals surface area contributed by atoms with Gasteiger partial charge in [-0.05, 0) is 31.5 Å². The van der Waals surface area contributed by atoms with Crippen LogP contribution in [0, 0.1) is 24.0 Å². The summed E-state index contributed by atoms with van der Waals surface area (Å²) in [5.41, 5.74) is 6.90. The molecule has 2 N–H and O–H groups in total. The fourth-order valence-electron chi connectivity index (χ4n) is 3.25. The van der Waals surface area contributed by atoms with Crippen molar-refractivity contribution in [2.75, 3.05) is 43.1 Å². The fourth-order valence-corrected chi connectivity index (χ4v) is 3.25. The summed E-state index contributed by atoms with van der Waals surface area (Å²) in [5, 5.41) is 18.2. The molecule has 1 aliphatic heterocycles. The molecule has 0 spiro atoms. The first kappa shape index (κ1) is 21.3. The molecule has 1 fully saturated rings. The van der Waals surface area contributed by atoms with E-state index in [0.717, 1.165) is 22.5 Å². The van der Waals surface area contributed by atoms with Crippen LogP contribution in [-0.4, -0.2) is 49.9 Å². The minimum Gasteiger partial charge on any atom is -0.378 e. The lowest BCUT2D eigenvalue weighted by atomic mass is 10.1. The number of hydrazone groups is 1. The van der Waals surface area contributed by atoms with Crippen molar-refractivity contribution in [2.24, 2.45) is 5.10 Å². The lowest BCUT2D eigenvalue weighted by Gasteiger charge is -2.29. The number of aryl methyl sites for hydroxylation is 2. The molecule has 0 radical (unpaired) electrons. The summed E-state index contributed by atoms with van der Waals surface area (Å²) in [6.07, 6.45) is 1.44. The highest BCUT2D eigenvalue weighted by molar-refractivity contribution is 5.90. The number of amides is 1. The zero-order chi connectivity index (χ0) is 21.5. The third-order valence-corrected chi connectivity index (χ3v) is 4.79. The number of nitrogens with one attached hydrogen (secondary N) is 2. The Morgan fingerprint density at radius 3 is 2.70 bits per heavy atom. The van der Waals surface area contributed by atoms with E-state index in [4.69, 9.17) is 4.74 Å². The van der Waals surface area contributed by atoms with Gasteiger partial charge in [0.15, 0.2) is 0 Å². The van der Waals surface area contributed by atoms with Gasteiger partial charge in [-0.1, -0.05) is 17.7 Å². The quantitative estimate of drug-likeness (QED) is 0.412. The molecular formula is C21H25N5O4. The number of nitrogens with zero attached hydrogens (tertiary/aromatic N) is 3. The van der Waals surface area contributed by atoms with Crippen LogP contribution in [0.5, 0.6) is 0 Å². The third-order valence-electron chi connectivity index (χ3n) is 4.79. The van der Waals surface area contributed by atoms with E-state index in [1.165, 1.54) is 18.3 Å². The molecule has 1 aliphatic rings. The van der Waals surface area contributed by atoms with E-state index >= 15 is 0 Å². The Kier molecular flexibility index (Phi) is 6.97. The number of morpholine rings is 1. The van der Waals surface area contributed by atoms with Crippen LogP contribution in [-0.2, 0) is 9.53 Å². The number of anilines is 2. The average Bonchev–Trinajstić information content (AvgIpc) is 2.73. The number of hydrogen-bond acceptors (Lipinski definition) is 7. The molecule has 158 valence electrons. The third kappa shape index (κ3) is 5.54. The molecule has 0 saturated carbocycles. The van der Waals surface area contributed by atoms with Crippen LogP contribution in [0.4, 0.5) is 17.1 Å². The average molecular weight is 411 g/mol. The number of benzene rings is 2. The van der Waals surface area contributed by atoms with Crippen molar-refractivity contribution < 1.29 is 14.5 Å². The summed E-state index contributed by atoms with van der Waals surface area (Å²) in [6, 6.07) is 10.6. The van der Waals surface area contributed by atoms with Gasteiger partial charge < -0.3 is 15.0 Å². The highest BCUT2D eigenvalue weighted by atomic mass is 16.6. The van der Waals surface area contributed by atoms with Crippen molar-refractivity contribution >= 4 is 29.2 Å². The molecule has 0 unspecified atom stereocenters. The van der Waals surface area contributed by atoms with Gasteiger partial charge in [-0.15, -0.1) is 0 Å². The van der Waals surface area contributed by atoms with Gasteiger partial charge in [0.2, 0.25) is 0 Å². The summed E-state index contributed by atoms with van der Waals surface area (Å²) in [5.74, 6) is -0.315. The Morgan fingerprint density at radius 2 is 2.00 bits per heavy atom. The van der Waals surface area contributed by atoms with Crippen molar-refractivity contribution in [3.05, 3.63) is 63.2 Å². The number of carbonyl (C=O) groups excluding carboxylic acids is 1. The zero-order valence-electron chi connectivity index (χ0n) is 17.1. The number of hydrogen-bond donors (Lipinski definition) is 2. The van der Waals surface area contributed by atoms with Crippen LogP contribution in [0.1, 0.15) is 16.7 Å². The van der Waals surface area contributed by atoms with E-state index in [2.05, 4.69) is 20.7 Å². The molecule has 1 heterocycles. The van der Waals surface area contributed by atoms with E-state index in [0.29, 0.717) is 31.9 Å². The number of carbonyl (C=O) groups is 1. The van der Waals surface area contributed by atoms with E-state index in [1.807, 2.05) is 32.0 Å². The predicted octanol–water partition coefficient (Wildman–Crippen LogP) is 2.61. The number of non-ortho nitro benzene ring substituents is 1. The standard InChI is InChI=1S/C21H25N5O4/c1-15-3-5-19(16(2)11-15)22-14-21(27)24-23-13-17-12-18(26(28)29)4-6-20(17)25-7-9-30-10-8-25/h3-6,11-13,22H,7-10,14H2,1-2H3,(H,24,27)/b23-13-. The number of rotatable bonds is 7. The minimum absolute atomic E-state index is 0.0312. The first-order valence-electron chi connectivity index (χ1n) is 9.68. The minimum atomic E-state index is -0.452. The van der Waals surface area contributed by atoms with E-state index < -0.39 is 4.92 Å². The van der Waals surface area contributed by atoms with Crippen molar-refractivity contribution in [3.63, 3.8) is 0 Å². The summed E-state index contributed by atoms with van der Waals surface area (Å²) < 4.78 is 5.37.